The Bertz CT molecular complexity index is 512. The minimum Gasteiger partial charge on any atom is -0.393 e. The van der Waals surface area contributed by atoms with E-state index < -0.39 is 0 Å². The fourth-order valence-electron chi connectivity index (χ4n) is 3.21. The first-order valence-corrected chi connectivity index (χ1v) is 9.69. The van der Waals surface area contributed by atoms with Gasteiger partial charge in [-0.1, -0.05) is 67.4 Å². The summed E-state index contributed by atoms with van der Waals surface area (Å²) >= 11 is 5.95. The topological polar surface area (TPSA) is 40.5 Å². The van der Waals surface area contributed by atoms with Crippen LogP contribution in [-0.2, 0) is 6.42 Å². The first kappa shape index (κ1) is 22.0. The fourth-order valence-corrected chi connectivity index (χ4v) is 3.37. The van der Waals surface area contributed by atoms with E-state index in [-0.39, 0.29) is 18.1 Å². The molecule has 0 fully saturated rings. The minimum atomic E-state index is -0.371. The molecule has 0 aliphatic rings. The summed E-state index contributed by atoms with van der Waals surface area (Å²) in [5, 5.41) is 20.3. The lowest BCUT2D eigenvalue weighted by molar-refractivity contribution is 0.101. The van der Waals surface area contributed by atoms with Gasteiger partial charge in [0.1, 0.15) is 0 Å². The molecule has 4 atom stereocenters. The van der Waals surface area contributed by atoms with Gasteiger partial charge in [0.15, 0.2) is 0 Å². The molecule has 2 nitrogen and oxygen atoms in total. The lowest BCUT2D eigenvalue weighted by Crippen LogP contribution is -2.20. The van der Waals surface area contributed by atoms with Crippen molar-refractivity contribution in [2.24, 2.45) is 11.8 Å². The van der Waals surface area contributed by atoms with Gasteiger partial charge in [-0.25, -0.2) is 0 Å². The zero-order valence-corrected chi connectivity index (χ0v) is 16.3. The van der Waals surface area contributed by atoms with Crippen LogP contribution in [0.3, 0.4) is 0 Å². The van der Waals surface area contributed by atoms with E-state index in [1.807, 2.05) is 18.2 Å². The Hall–Kier alpha value is -1.09. The van der Waals surface area contributed by atoms with Crippen molar-refractivity contribution in [3.8, 4) is 0 Å². The van der Waals surface area contributed by atoms with Crippen LogP contribution in [0.4, 0.5) is 0 Å². The van der Waals surface area contributed by atoms with Crippen LogP contribution in [0.5, 0.6) is 0 Å². The predicted octanol–water partition coefficient (Wildman–Crippen LogP) is 5.48. The van der Waals surface area contributed by atoms with Gasteiger partial charge >= 0.3 is 0 Å². The fraction of sp³-hybridized carbons (Fsp3) is 0.545. The summed E-state index contributed by atoms with van der Waals surface area (Å²) in [6, 6.07) is 10.2. The highest BCUT2D eigenvalue weighted by Gasteiger charge is 2.17. The molecule has 140 valence electrons. The van der Waals surface area contributed by atoms with Gasteiger partial charge in [0.25, 0.3) is 0 Å². The van der Waals surface area contributed by atoms with Crippen LogP contribution in [0.1, 0.15) is 51.5 Å². The van der Waals surface area contributed by atoms with Crippen molar-refractivity contribution in [3.63, 3.8) is 0 Å². The number of benzene rings is 1. The first-order valence-electron chi connectivity index (χ1n) is 9.25. The van der Waals surface area contributed by atoms with Crippen LogP contribution in [0.2, 0.25) is 0 Å². The molecule has 0 saturated carbocycles. The zero-order valence-electron chi connectivity index (χ0n) is 15.6. The molecule has 0 aromatic heterocycles. The molecule has 1 aromatic carbocycles. The maximum absolute atomic E-state index is 10.3. The van der Waals surface area contributed by atoms with E-state index in [0.717, 1.165) is 31.3 Å². The number of halogens is 1. The maximum atomic E-state index is 10.3. The molecular weight excluding hydrogens is 332 g/mol. The molecule has 0 amide bonds. The highest BCUT2D eigenvalue weighted by molar-refractivity contribution is 6.25. The van der Waals surface area contributed by atoms with Crippen LogP contribution in [-0.4, -0.2) is 22.4 Å². The normalized spacial score (nSPS) is 16.9. The third kappa shape index (κ3) is 9.25. The first-order chi connectivity index (χ1) is 12.0. The van der Waals surface area contributed by atoms with Crippen LogP contribution in [0.25, 0.3) is 0 Å². The van der Waals surface area contributed by atoms with E-state index >= 15 is 0 Å². The SMILES string of the molecule is C=CCC(O)C(C)CC(C)CCC(O)CC(=CCl)Cc1ccccc1. The second kappa shape index (κ2) is 12.3. The van der Waals surface area contributed by atoms with Crippen molar-refractivity contribution in [2.75, 3.05) is 0 Å². The average Bonchev–Trinajstić information content (AvgIpc) is 2.60. The summed E-state index contributed by atoms with van der Waals surface area (Å²) in [6.45, 7) is 7.94. The van der Waals surface area contributed by atoms with Gasteiger partial charge in [-0.2, -0.15) is 0 Å². The van der Waals surface area contributed by atoms with Gasteiger partial charge in [0, 0.05) is 5.54 Å². The molecule has 1 rings (SSSR count). The molecular formula is C22H33ClO2. The minimum absolute atomic E-state index is 0.251. The summed E-state index contributed by atoms with van der Waals surface area (Å²) in [7, 11) is 0. The molecule has 0 radical (unpaired) electrons. The molecule has 4 unspecified atom stereocenters. The summed E-state index contributed by atoms with van der Waals surface area (Å²) < 4.78 is 0. The summed E-state index contributed by atoms with van der Waals surface area (Å²) in [4.78, 5) is 0. The van der Waals surface area contributed by atoms with Crippen LogP contribution in [0.15, 0.2) is 54.1 Å². The Morgan fingerprint density at radius 2 is 1.84 bits per heavy atom. The molecule has 0 saturated heterocycles. The van der Waals surface area contributed by atoms with Gasteiger partial charge in [0.05, 0.1) is 12.2 Å². The molecule has 25 heavy (non-hydrogen) atoms. The number of hydrogen-bond donors (Lipinski definition) is 2. The molecule has 0 bridgehead atoms. The van der Waals surface area contributed by atoms with Crippen LogP contribution < -0.4 is 0 Å². The molecule has 0 heterocycles. The van der Waals surface area contributed by atoms with Gasteiger partial charge in [0.2, 0.25) is 0 Å². The molecule has 0 spiro atoms. The van der Waals surface area contributed by atoms with E-state index in [2.05, 4.69) is 32.6 Å². The number of hydrogen-bond acceptors (Lipinski definition) is 2. The average molecular weight is 365 g/mol. The Kier molecular flexibility index (Phi) is 10.8. The second-order valence-corrected chi connectivity index (χ2v) is 7.49. The molecule has 2 N–H and O–H groups in total. The third-order valence-electron chi connectivity index (χ3n) is 4.76. The van der Waals surface area contributed by atoms with Crippen molar-refractivity contribution < 1.29 is 10.2 Å². The smallest absolute Gasteiger partial charge is 0.0600 e. The van der Waals surface area contributed by atoms with E-state index in [0.29, 0.717) is 18.8 Å². The predicted molar refractivity (Wildman–Crippen MR) is 108 cm³/mol. The molecule has 1 aromatic rings. The van der Waals surface area contributed by atoms with Gasteiger partial charge in [-0.05, 0) is 55.9 Å². The monoisotopic (exact) mass is 364 g/mol. The lowest BCUT2D eigenvalue weighted by Gasteiger charge is -2.22. The van der Waals surface area contributed by atoms with Crippen LogP contribution >= 0.6 is 11.6 Å². The zero-order chi connectivity index (χ0) is 18.7. The Labute approximate surface area is 158 Å². The number of aliphatic hydroxyl groups excluding tert-OH is 2. The highest BCUT2D eigenvalue weighted by Crippen LogP contribution is 2.23. The second-order valence-electron chi connectivity index (χ2n) is 7.27. The van der Waals surface area contributed by atoms with E-state index in [1.54, 1.807) is 11.6 Å². The molecule has 0 aliphatic heterocycles. The molecule has 3 heteroatoms. The molecule has 0 aliphatic carbocycles. The number of rotatable bonds is 12. The summed E-state index contributed by atoms with van der Waals surface area (Å²) in [5.41, 5.74) is 3.87. The van der Waals surface area contributed by atoms with Gasteiger partial charge < -0.3 is 10.2 Å². The summed E-state index contributed by atoms with van der Waals surface area (Å²) in [5.74, 6) is 0.725. The van der Waals surface area contributed by atoms with Crippen molar-refractivity contribution in [2.45, 2.75) is 64.6 Å². The van der Waals surface area contributed by atoms with Gasteiger partial charge in [-0.15, -0.1) is 6.58 Å². The van der Waals surface area contributed by atoms with Crippen molar-refractivity contribution in [1.82, 2.24) is 0 Å². The maximum Gasteiger partial charge on any atom is 0.0600 e. The van der Waals surface area contributed by atoms with Gasteiger partial charge in [-0.3, -0.25) is 0 Å². The third-order valence-corrected chi connectivity index (χ3v) is 5.07. The van der Waals surface area contributed by atoms with Crippen LogP contribution in [0, 0.1) is 11.8 Å². The number of aliphatic hydroxyl groups is 2. The standard InChI is InChI=1S/C22H33ClO2/c1-4-8-22(25)18(3)13-17(2)11-12-21(24)15-20(16-23)14-19-9-6-5-7-10-19/h4-7,9-10,16-18,21-22,24-25H,1,8,11-15H2,2-3H3. The largest absolute Gasteiger partial charge is 0.393 e. The van der Waals surface area contributed by atoms with Crippen molar-refractivity contribution in [3.05, 3.63) is 59.7 Å². The highest BCUT2D eigenvalue weighted by atomic mass is 35.5. The lowest BCUT2D eigenvalue weighted by atomic mass is 9.87. The van der Waals surface area contributed by atoms with E-state index in [4.69, 9.17) is 11.6 Å². The Balaban J connectivity index is 2.35. The van der Waals surface area contributed by atoms with E-state index in [9.17, 15) is 10.2 Å². The van der Waals surface area contributed by atoms with Crippen molar-refractivity contribution >= 4 is 11.6 Å². The Morgan fingerprint density at radius 1 is 1.16 bits per heavy atom. The van der Waals surface area contributed by atoms with Crippen molar-refractivity contribution in [1.29, 1.82) is 0 Å². The summed E-state index contributed by atoms with van der Waals surface area (Å²) in [6.07, 6.45) is 5.78. The van der Waals surface area contributed by atoms with E-state index in [1.165, 1.54) is 5.56 Å². The quantitative estimate of drug-likeness (QED) is 0.482. The Morgan fingerprint density at radius 3 is 2.44 bits per heavy atom.